The largest absolute Gasteiger partial charge is 0.511 e. The number of ether oxygens (including phenoxy) is 2. The van der Waals surface area contributed by atoms with E-state index in [0.29, 0.717) is 11.1 Å². The van der Waals surface area contributed by atoms with Gasteiger partial charge in [0, 0.05) is 11.1 Å². The van der Waals surface area contributed by atoms with E-state index in [-0.39, 0.29) is 11.5 Å². The number of carbonyl (C=O) groups is 2. The lowest BCUT2D eigenvalue weighted by molar-refractivity contribution is -0.274. The van der Waals surface area contributed by atoms with Crippen LogP contribution < -0.4 is 5.11 Å². The van der Waals surface area contributed by atoms with Crippen LogP contribution >= 0.6 is 0 Å². The van der Waals surface area contributed by atoms with Gasteiger partial charge in [0.15, 0.2) is 5.76 Å². The van der Waals surface area contributed by atoms with Gasteiger partial charge in [-0.25, -0.2) is 4.79 Å². The fraction of sp³-hybridized carbons (Fsp3) is 0. The number of hydrogen-bond donors (Lipinski definition) is 1. The summed E-state index contributed by atoms with van der Waals surface area (Å²) in [4.78, 5) is 21.8. The molecule has 0 heterocycles. The molecule has 0 atom stereocenters. The van der Waals surface area contributed by atoms with Crippen LogP contribution in [0.1, 0.15) is 11.1 Å². The van der Waals surface area contributed by atoms with Gasteiger partial charge in [0.1, 0.15) is 5.76 Å². The van der Waals surface area contributed by atoms with Crippen molar-refractivity contribution in [3.8, 4) is 0 Å². The first-order valence-corrected chi connectivity index (χ1v) is 6.22. The quantitative estimate of drug-likeness (QED) is 0.529. The zero-order valence-electron chi connectivity index (χ0n) is 11.3. The van der Waals surface area contributed by atoms with Gasteiger partial charge in [-0.1, -0.05) is 60.7 Å². The number of carboxylic acid groups (broad SMARTS) is 2. The van der Waals surface area contributed by atoms with Crippen molar-refractivity contribution in [3.63, 3.8) is 0 Å². The second-order valence-electron chi connectivity index (χ2n) is 4.11. The van der Waals surface area contributed by atoms with E-state index in [1.807, 2.05) is 0 Å². The third-order valence-corrected chi connectivity index (χ3v) is 2.65. The Kier molecular flexibility index (Phi) is 4.77. The van der Waals surface area contributed by atoms with Crippen molar-refractivity contribution in [2.45, 2.75) is 0 Å². The molecule has 0 aliphatic heterocycles. The molecule has 0 aliphatic rings. The Labute approximate surface area is 125 Å². The minimum absolute atomic E-state index is 0.233. The van der Waals surface area contributed by atoms with E-state index in [1.165, 1.54) is 0 Å². The molecule has 0 unspecified atom stereocenters. The van der Waals surface area contributed by atoms with E-state index in [2.05, 4.69) is 4.74 Å². The maximum absolute atomic E-state index is 10.9. The number of carbonyl (C=O) groups excluding carboxylic acids is 1. The molecule has 0 bridgehead atoms. The molecule has 2 aromatic carbocycles. The summed E-state index contributed by atoms with van der Waals surface area (Å²) in [6.07, 6.45) is -3.41. The monoisotopic (exact) mass is 299 g/mol. The number of benzene rings is 2. The van der Waals surface area contributed by atoms with Crippen LogP contribution in [0.4, 0.5) is 9.59 Å². The van der Waals surface area contributed by atoms with Gasteiger partial charge in [-0.3, -0.25) is 0 Å². The van der Waals surface area contributed by atoms with Crippen LogP contribution in [-0.4, -0.2) is 17.4 Å². The van der Waals surface area contributed by atoms with Crippen molar-refractivity contribution >= 4 is 23.8 Å². The van der Waals surface area contributed by atoms with Crippen LogP contribution in [0.5, 0.6) is 0 Å². The van der Waals surface area contributed by atoms with Crippen LogP contribution in [0.15, 0.2) is 60.7 Å². The van der Waals surface area contributed by atoms with Gasteiger partial charge >= 0.3 is 6.16 Å². The lowest BCUT2D eigenvalue weighted by atomic mass is 10.1. The van der Waals surface area contributed by atoms with Crippen LogP contribution in [0.3, 0.4) is 0 Å². The number of hydrogen-bond acceptors (Lipinski definition) is 5. The average molecular weight is 299 g/mol. The normalized spacial score (nSPS) is 11.3. The fourth-order valence-electron chi connectivity index (χ4n) is 1.82. The highest BCUT2D eigenvalue weighted by atomic mass is 16.7. The van der Waals surface area contributed by atoms with Crippen molar-refractivity contribution in [3.05, 3.63) is 71.8 Å². The standard InChI is InChI=1S/C16H12O6/c17-15(18)21-13(11-7-3-1-4-8-11)14(22-16(19)20)12-9-5-2-6-10-12/h1-10H,(H,17,18)(H,19,20)/p-1/b14-13+. The minimum Gasteiger partial charge on any atom is -0.509 e. The molecule has 0 saturated heterocycles. The van der Waals surface area contributed by atoms with E-state index in [0.717, 1.165) is 0 Å². The van der Waals surface area contributed by atoms with Crippen LogP contribution in [0, 0.1) is 0 Å². The molecule has 6 heteroatoms. The first-order chi connectivity index (χ1) is 10.6. The van der Waals surface area contributed by atoms with Crippen LogP contribution in [0.2, 0.25) is 0 Å². The Balaban J connectivity index is 2.64. The lowest BCUT2D eigenvalue weighted by Gasteiger charge is -2.18. The maximum Gasteiger partial charge on any atom is 0.511 e. The molecule has 0 saturated carbocycles. The summed E-state index contributed by atoms with van der Waals surface area (Å²) < 4.78 is 9.38. The summed E-state index contributed by atoms with van der Waals surface area (Å²) in [6, 6.07) is 16.3. The van der Waals surface area contributed by atoms with Crippen molar-refractivity contribution in [1.82, 2.24) is 0 Å². The van der Waals surface area contributed by atoms with Gasteiger partial charge < -0.3 is 24.5 Å². The van der Waals surface area contributed by atoms with Gasteiger partial charge in [0.05, 0.1) is 0 Å². The molecule has 1 N–H and O–H groups in total. The molecular weight excluding hydrogens is 288 g/mol. The highest BCUT2D eigenvalue weighted by Gasteiger charge is 2.16. The zero-order chi connectivity index (χ0) is 15.9. The highest BCUT2D eigenvalue weighted by molar-refractivity contribution is 5.90. The van der Waals surface area contributed by atoms with Gasteiger partial charge in [-0.2, -0.15) is 0 Å². The van der Waals surface area contributed by atoms with Gasteiger partial charge in [-0.05, 0) is 0 Å². The summed E-state index contributed by atoms with van der Waals surface area (Å²) in [5.74, 6) is -0.488. The van der Waals surface area contributed by atoms with Gasteiger partial charge in [0.2, 0.25) is 0 Å². The van der Waals surface area contributed by atoms with E-state index in [4.69, 9.17) is 9.84 Å². The van der Waals surface area contributed by atoms with Crippen LogP contribution in [-0.2, 0) is 9.47 Å². The Morgan fingerprint density at radius 1 is 0.773 bits per heavy atom. The molecule has 2 aromatic rings. The number of rotatable bonds is 4. The molecule has 0 aromatic heterocycles. The summed E-state index contributed by atoms with van der Waals surface area (Å²) in [5.41, 5.74) is 0.691. The molecule has 0 amide bonds. The third kappa shape index (κ3) is 3.86. The molecule has 0 radical (unpaired) electrons. The summed E-state index contributed by atoms with van der Waals surface area (Å²) >= 11 is 0. The van der Waals surface area contributed by atoms with Crippen molar-refractivity contribution in [1.29, 1.82) is 0 Å². The van der Waals surface area contributed by atoms with E-state index >= 15 is 0 Å². The second-order valence-corrected chi connectivity index (χ2v) is 4.11. The molecule has 0 aliphatic carbocycles. The van der Waals surface area contributed by atoms with Crippen molar-refractivity contribution < 1.29 is 29.3 Å². The molecule has 6 nitrogen and oxygen atoms in total. The Morgan fingerprint density at radius 3 is 1.55 bits per heavy atom. The molecule has 22 heavy (non-hydrogen) atoms. The maximum atomic E-state index is 10.9. The van der Waals surface area contributed by atoms with E-state index < -0.39 is 12.3 Å². The van der Waals surface area contributed by atoms with Crippen molar-refractivity contribution in [2.75, 3.05) is 0 Å². The lowest BCUT2D eigenvalue weighted by Crippen LogP contribution is -2.23. The predicted octanol–water partition coefficient (Wildman–Crippen LogP) is 2.57. The van der Waals surface area contributed by atoms with Gasteiger partial charge in [-0.15, -0.1) is 0 Å². The smallest absolute Gasteiger partial charge is 0.509 e. The van der Waals surface area contributed by atoms with Crippen molar-refractivity contribution in [2.24, 2.45) is 0 Å². The summed E-state index contributed by atoms with van der Waals surface area (Å²) in [5, 5.41) is 19.7. The molecule has 112 valence electrons. The third-order valence-electron chi connectivity index (χ3n) is 2.65. The van der Waals surface area contributed by atoms with E-state index in [9.17, 15) is 14.7 Å². The fourth-order valence-corrected chi connectivity index (χ4v) is 1.82. The van der Waals surface area contributed by atoms with Crippen LogP contribution in [0.25, 0.3) is 11.5 Å². The summed E-state index contributed by atoms with van der Waals surface area (Å²) in [6.45, 7) is 0. The molecule has 2 rings (SSSR count). The predicted molar refractivity (Wildman–Crippen MR) is 75.3 cm³/mol. The highest BCUT2D eigenvalue weighted by Crippen LogP contribution is 2.28. The first kappa shape index (κ1) is 15.1. The van der Waals surface area contributed by atoms with E-state index in [1.54, 1.807) is 60.7 Å². The molecular formula is C16H11O6-. The Bertz CT molecular complexity index is 630. The molecule has 0 spiro atoms. The molecule has 0 fully saturated rings. The Hall–Kier alpha value is -3.28. The zero-order valence-corrected chi connectivity index (χ0v) is 11.3. The average Bonchev–Trinajstić information content (AvgIpc) is 2.52. The summed E-state index contributed by atoms with van der Waals surface area (Å²) in [7, 11) is 0. The first-order valence-electron chi connectivity index (χ1n) is 6.22. The second kappa shape index (κ2) is 6.94. The SMILES string of the molecule is O=C([O-])O/C(=C(/OC(=O)O)c1ccccc1)c1ccccc1. The Morgan fingerprint density at radius 2 is 1.18 bits per heavy atom. The topological polar surface area (TPSA) is 95.9 Å². The minimum atomic E-state index is -1.82. The van der Waals surface area contributed by atoms with Gasteiger partial charge in [0.25, 0.3) is 6.16 Å².